The molecule has 1 aliphatic rings. The van der Waals surface area contributed by atoms with Crippen molar-refractivity contribution in [1.82, 2.24) is 5.16 Å². The first-order chi connectivity index (χ1) is 13.2. The lowest BCUT2D eigenvalue weighted by atomic mass is 9.62. The molecule has 0 saturated heterocycles. The van der Waals surface area contributed by atoms with Crippen LogP contribution in [0.5, 0.6) is 0 Å². The van der Waals surface area contributed by atoms with E-state index in [1.807, 2.05) is 6.07 Å². The molecule has 0 aliphatic heterocycles. The zero-order valence-corrected chi connectivity index (χ0v) is 18.9. The predicted molar refractivity (Wildman–Crippen MR) is 120 cm³/mol. The molecule has 2 nitrogen and oxygen atoms in total. The third-order valence-corrected chi connectivity index (χ3v) is 6.56. The minimum Gasteiger partial charge on any atom is -0.357 e. The van der Waals surface area contributed by atoms with E-state index in [-0.39, 0.29) is 10.8 Å². The van der Waals surface area contributed by atoms with Crippen LogP contribution in [0.15, 0.2) is 28.9 Å². The highest BCUT2D eigenvalue weighted by molar-refractivity contribution is 5.83. The van der Waals surface area contributed by atoms with Crippen molar-refractivity contribution in [3.05, 3.63) is 52.4 Å². The summed E-state index contributed by atoms with van der Waals surface area (Å²) >= 11 is 0. The van der Waals surface area contributed by atoms with Crippen LogP contribution < -0.4 is 0 Å². The Morgan fingerprint density at radius 2 is 1.75 bits per heavy atom. The summed E-state index contributed by atoms with van der Waals surface area (Å²) in [4.78, 5) is 0. The topological polar surface area (TPSA) is 26.0 Å². The van der Waals surface area contributed by atoms with Crippen molar-refractivity contribution >= 4 is 11.6 Å². The maximum absolute atomic E-state index is 5.42. The number of nitrogens with zero attached hydrogens (tertiary/aromatic N) is 1. The lowest BCUT2D eigenvalue weighted by Crippen LogP contribution is -2.34. The first-order valence-electron chi connectivity index (χ1n) is 11.0. The molecule has 0 fully saturated rings. The van der Waals surface area contributed by atoms with Gasteiger partial charge in [-0.25, -0.2) is 0 Å². The Morgan fingerprint density at radius 3 is 2.29 bits per heavy atom. The fourth-order valence-corrected chi connectivity index (χ4v) is 4.51. The fraction of sp³-hybridized carbons (Fsp3) is 0.577. The summed E-state index contributed by atoms with van der Waals surface area (Å²) in [6.45, 7) is 16.5. The molecule has 1 aliphatic carbocycles. The summed E-state index contributed by atoms with van der Waals surface area (Å²) in [5, 5.41) is 3.89. The maximum Gasteiger partial charge on any atom is 0.159 e. The largest absolute Gasteiger partial charge is 0.357 e. The van der Waals surface area contributed by atoms with E-state index < -0.39 is 0 Å². The van der Waals surface area contributed by atoms with Crippen molar-refractivity contribution in [3.8, 4) is 0 Å². The van der Waals surface area contributed by atoms with E-state index in [1.165, 1.54) is 47.9 Å². The molecule has 0 saturated carbocycles. The summed E-state index contributed by atoms with van der Waals surface area (Å²) in [6, 6.07) is 7.00. The maximum atomic E-state index is 5.42. The van der Waals surface area contributed by atoms with Crippen molar-refractivity contribution in [1.29, 1.82) is 0 Å². The van der Waals surface area contributed by atoms with E-state index in [1.54, 1.807) is 11.8 Å². The SMILES string of the molecule is CCCCc1cc2c(cc1C(=Cc1ccno1)C(C)C)C(C)(C)CCC2(C)C. The molecule has 0 atom stereocenters. The highest BCUT2D eigenvalue weighted by atomic mass is 16.5. The van der Waals surface area contributed by atoms with Crippen molar-refractivity contribution in [2.24, 2.45) is 5.92 Å². The molecule has 1 aromatic heterocycles. The number of rotatable bonds is 6. The quantitative estimate of drug-likeness (QED) is 0.517. The smallest absolute Gasteiger partial charge is 0.159 e. The standard InChI is InChI=1S/C26H37NO/c1-8-9-10-19-15-23-24(26(6,7)13-12-25(23,4)5)17-22(19)21(18(2)3)16-20-11-14-27-28-20/h11,14-18H,8-10,12-13H2,1-7H3. The summed E-state index contributed by atoms with van der Waals surface area (Å²) in [5.74, 6) is 1.26. The van der Waals surface area contributed by atoms with Crippen LogP contribution in [-0.2, 0) is 17.3 Å². The summed E-state index contributed by atoms with van der Waals surface area (Å²) in [5.41, 5.74) is 7.80. The normalized spacial score (nSPS) is 18.4. The minimum absolute atomic E-state index is 0.219. The Bertz CT molecular complexity index is 838. The molecule has 0 N–H and O–H groups in total. The lowest BCUT2D eigenvalue weighted by Gasteiger charge is -2.42. The van der Waals surface area contributed by atoms with Crippen molar-refractivity contribution in [2.45, 2.75) is 91.4 Å². The fourth-order valence-electron chi connectivity index (χ4n) is 4.51. The van der Waals surface area contributed by atoms with Gasteiger partial charge in [-0.05, 0) is 76.3 Å². The molecule has 2 heteroatoms. The van der Waals surface area contributed by atoms with Gasteiger partial charge >= 0.3 is 0 Å². The number of aryl methyl sites for hydroxylation is 1. The van der Waals surface area contributed by atoms with E-state index in [4.69, 9.17) is 4.52 Å². The van der Waals surface area contributed by atoms with E-state index >= 15 is 0 Å². The highest BCUT2D eigenvalue weighted by Gasteiger charge is 2.37. The number of aromatic nitrogens is 1. The molecule has 0 bridgehead atoms. The third-order valence-electron chi connectivity index (χ3n) is 6.56. The van der Waals surface area contributed by atoms with Gasteiger partial charge in [0.15, 0.2) is 5.76 Å². The molecule has 0 spiro atoms. The molecule has 0 amide bonds. The molecule has 3 rings (SSSR count). The minimum atomic E-state index is 0.219. The van der Waals surface area contributed by atoms with Crippen LogP contribution in [-0.4, -0.2) is 5.16 Å². The van der Waals surface area contributed by atoms with Crippen molar-refractivity contribution in [2.75, 3.05) is 0 Å². The number of unbranched alkanes of at least 4 members (excludes halogenated alkanes) is 1. The average molecular weight is 380 g/mol. The Hall–Kier alpha value is -1.83. The van der Waals surface area contributed by atoms with E-state index in [2.05, 4.69) is 71.8 Å². The number of fused-ring (bicyclic) bond motifs is 1. The molecule has 28 heavy (non-hydrogen) atoms. The van der Waals surface area contributed by atoms with Crippen molar-refractivity contribution in [3.63, 3.8) is 0 Å². The van der Waals surface area contributed by atoms with Gasteiger partial charge in [-0.2, -0.15) is 0 Å². The second kappa shape index (κ2) is 7.89. The number of hydrogen-bond donors (Lipinski definition) is 0. The van der Waals surface area contributed by atoms with Crippen molar-refractivity contribution < 1.29 is 4.52 Å². The third kappa shape index (κ3) is 4.11. The Labute approximate surface area is 171 Å². The van der Waals surface area contributed by atoms with Gasteiger partial charge in [-0.1, -0.05) is 72.2 Å². The van der Waals surface area contributed by atoms with Gasteiger partial charge in [0.25, 0.3) is 0 Å². The van der Waals surface area contributed by atoms with Gasteiger partial charge in [0, 0.05) is 6.07 Å². The van der Waals surface area contributed by atoms with E-state index in [9.17, 15) is 0 Å². The summed E-state index contributed by atoms with van der Waals surface area (Å²) < 4.78 is 5.42. The monoisotopic (exact) mass is 379 g/mol. The Kier molecular flexibility index (Phi) is 5.89. The van der Waals surface area contributed by atoms with Crippen LogP contribution >= 0.6 is 0 Å². The predicted octanol–water partition coefficient (Wildman–Crippen LogP) is 7.56. The van der Waals surface area contributed by atoms with Crippen LogP contribution in [0, 0.1) is 5.92 Å². The van der Waals surface area contributed by atoms with Gasteiger partial charge in [-0.15, -0.1) is 0 Å². The van der Waals surface area contributed by atoms with Gasteiger partial charge in [0.2, 0.25) is 0 Å². The van der Waals surface area contributed by atoms with Crippen LogP contribution in [0.25, 0.3) is 11.6 Å². The second-order valence-electron chi connectivity index (χ2n) is 10.1. The molecular weight excluding hydrogens is 342 g/mol. The van der Waals surface area contributed by atoms with Gasteiger partial charge in [0.05, 0.1) is 6.20 Å². The van der Waals surface area contributed by atoms with E-state index in [0.717, 1.165) is 12.2 Å². The molecule has 0 unspecified atom stereocenters. The molecule has 1 heterocycles. The molecule has 152 valence electrons. The summed E-state index contributed by atoms with van der Waals surface area (Å²) in [7, 11) is 0. The van der Waals surface area contributed by atoms with Crippen LogP contribution in [0.2, 0.25) is 0 Å². The molecule has 0 radical (unpaired) electrons. The van der Waals surface area contributed by atoms with Crippen LogP contribution in [0.1, 0.15) is 102 Å². The first-order valence-corrected chi connectivity index (χ1v) is 11.0. The second-order valence-corrected chi connectivity index (χ2v) is 10.1. The van der Waals surface area contributed by atoms with Crippen LogP contribution in [0.3, 0.4) is 0 Å². The lowest BCUT2D eigenvalue weighted by molar-refractivity contribution is 0.331. The van der Waals surface area contributed by atoms with Crippen LogP contribution in [0.4, 0.5) is 0 Å². The highest BCUT2D eigenvalue weighted by Crippen LogP contribution is 2.48. The van der Waals surface area contributed by atoms with E-state index in [0.29, 0.717) is 5.92 Å². The Balaban J connectivity index is 2.24. The zero-order chi connectivity index (χ0) is 20.5. The van der Waals surface area contributed by atoms with Gasteiger partial charge in [-0.3, -0.25) is 0 Å². The number of allylic oxidation sites excluding steroid dienone is 1. The molecular formula is C26H37NO. The molecule has 1 aromatic carbocycles. The Morgan fingerprint density at radius 1 is 1.11 bits per heavy atom. The molecule has 2 aromatic rings. The first kappa shape index (κ1) is 20.9. The summed E-state index contributed by atoms with van der Waals surface area (Å²) in [6.07, 6.45) is 9.98. The number of hydrogen-bond acceptors (Lipinski definition) is 2. The van der Waals surface area contributed by atoms with Gasteiger partial charge in [0.1, 0.15) is 0 Å². The zero-order valence-electron chi connectivity index (χ0n) is 18.9. The number of benzene rings is 1. The average Bonchev–Trinajstić information content (AvgIpc) is 3.14. The van der Waals surface area contributed by atoms with Gasteiger partial charge < -0.3 is 4.52 Å².